The number of rotatable bonds is 7. The van der Waals surface area contributed by atoms with Crippen LogP contribution in [0.4, 0.5) is 27.6 Å². The summed E-state index contributed by atoms with van der Waals surface area (Å²) in [6.07, 6.45) is -2.69. The molecule has 0 bridgehead atoms. The molecule has 1 saturated carbocycles. The number of benzene rings is 1. The van der Waals surface area contributed by atoms with Crippen molar-refractivity contribution in [3.8, 4) is 0 Å². The summed E-state index contributed by atoms with van der Waals surface area (Å²) in [6, 6.07) is 5.57. The fourth-order valence-corrected chi connectivity index (χ4v) is 4.37. The van der Waals surface area contributed by atoms with Gasteiger partial charge < -0.3 is 10.6 Å². The van der Waals surface area contributed by atoms with Crippen molar-refractivity contribution in [3.63, 3.8) is 0 Å². The molecule has 0 radical (unpaired) electrons. The number of halogens is 6. The highest BCUT2D eigenvalue weighted by molar-refractivity contribution is 6.32. The third-order valence-corrected chi connectivity index (χ3v) is 6.40. The number of hydrogen-bond acceptors (Lipinski definition) is 4. The topological polar surface area (TPSA) is 91.4 Å². The van der Waals surface area contributed by atoms with Crippen molar-refractivity contribution in [3.05, 3.63) is 59.7 Å². The van der Waals surface area contributed by atoms with E-state index >= 15 is 0 Å². The predicted octanol–water partition coefficient (Wildman–Crippen LogP) is 4.03. The van der Waals surface area contributed by atoms with Gasteiger partial charge in [-0.15, -0.1) is 0 Å². The lowest BCUT2D eigenvalue weighted by Gasteiger charge is -2.41. The number of hydrogen-bond donors (Lipinski definition) is 2. The Balaban J connectivity index is 1.98. The van der Waals surface area contributed by atoms with Crippen LogP contribution < -0.4 is 15.5 Å². The zero-order valence-electron chi connectivity index (χ0n) is 19.8. The first-order chi connectivity index (χ1) is 17.2. The van der Waals surface area contributed by atoms with Crippen LogP contribution >= 0.6 is 11.6 Å². The second-order valence-electron chi connectivity index (χ2n) is 8.93. The fourth-order valence-electron chi connectivity index (χ4n) is 4.27. The molecule has 1 aliphatic rings. The molecule has 2 aromatic rings. The number of carbonyl (C=O) groups excluding carboxylic acids is 3. The Bertz CT molecular complexity index is 1160. The van der Waals surface area contributed by atoms with E-state index in [2.05, 4.69) is 10.3 Å². The third kappa shape index (κ3) is 6.35. The van der Waals surface area contributed by atoms with Crippen LogP contribution in [-0.4, -0.2) is 46.6 Å². The molecule has 0 aliphatic heterocycles. The molecule has 0 spiro atoms. The van der Waals surface area contributed by atoms with Crippen LogP contribution in [0.15, 0.2) is 42.7 Å². The fraction of sp³-hybridized carbons (Fsp3) is 0.417. The molecule has 200 valence electrons. The minimum absolute atomic E-state index is 0.0231. The van der Waals surface area contributed by atoms with Crippen molar-refractivity contribution in [1.29, 1.82) is 0 Å². The van der Waals surface area contributed by atoms with E-state index in [-0.39, 0.29) is 30.5 Å². The van der Waals surface area contributed by atoms with Crippen LogP contribution in [0, 0.1) is 12.7 Å². The highest BCUT2D eigenvalue weighted by Crippen LogP contribution is 2.36. The average Bonchev–Trinajstić information content (AvgIpc) is 3.26. The smallest absolute Gasteiger partial charge is 0.351 e. The molecule has 1 unspecified atom stereocenters. The molecule has 0 saturated heterocycles. The SMILES string of the molecule is Cc1ccc(N(C(=O)[C@H](F)Cl)C(C)(C(=O)N[C@@H]2CC[C@H](NC(=O)C(F)(F)F)C2)c2cncc(F)c2)cc1. The number of aryl methyl sites for hydroxylation is 1. The van der Waals surface area contributed by atoms with Gasteiger partial charge in [0.2, 0.25) is 0 Å². The zero-order valence-corrected chi connectivity index (χ0v) is 20.5. The predicted molar refractivity (Wildman–Crippen MR) is 125 cm³/mol. The first-order valence-corrected chi connectivity index (χ1v) is 11.7. The van der Waals surface area contributed by atoms with E-state index in [1.807, 2.05) is 5.32 Å². The van der Waals surface area contributed by atoms with Gasteiger partial charge >= 0.3 is 12.1 Å². The summed E-state index contributed by atoms with van der Waals surface area (Å²) < 4.78 is 66.2. The maximum absolute atomic E-state index is 14.2. The average molecular weight is 547 g/mol. The van der Waals surface area contributed by atoms with Crippen LogP contribution in [0.5, 0.6) is 0 Å². The Morgan fingerprint density at radius 3 is 2.14 bits per heavy atom. The molecule has 4 atom stereocenters. The van der Waals surface area contributed by atoms with Gasteiger partial charge in [0.05, 0.1) is 6.20 Å². The van der Waals surface area contributed by atoms with Crippen molar-refractivity contribution in [2.75, 3.05) is 4.90 Å². The number of amides is 3. The van der Waals surface area contributed by atoms with Crippen molar-refractivity contribution in [2.45, 2.75) is 62.5 Å². The normalized spacial score (nSPS) is 20.0. The molecule has 1 heterocycles. The van der Waals surface area contributed by atoms with Crippen LogP contribution in [0.25, 0.3) is 0 Å². The summed E-state index contributed by atoms with van der Waals surface area (Å²) in [5.41, 5.74) is -3.84. The molecular weight excluding hydrogens is 523 g/mol. The van der Waals surface area contributed by atoms with Gasteiger partial charge in [0.1, 0.15) is 5.82 Å². The molecule has 1 aromatic heterocycles. The summed E-state index contributed by atoms with van der Waals surface area (Å²) in [5.74, 6) is -5.09. The van der Waals surface area contributed by atoms with Gasteiger partial charge in [0.25, 0.3) is 17.4 Å². The van der Waals surface area contributed by atoms with E-state index in [1.165, 1.54) is 19.1 Å². The van der Waals surface area contributed by atoms with Crippen LogP contribution in [0.1, 0.15) is 37.3 Å². The lowest BCUT2D eigenvalue weighted by atomic mass is 9.88. The number of carbonyl (C=O) groups is 3. The Hall–Kier alpha value is -3.28. The van der Waals surface area contributed by atoms with Crippen molar-refractivity contribution in [2.24, 2.45) is 0 Å². The van der Waals surface area contributed by atoms with Gasteiger partial charge in [-0.1, -0.05) is 29.3 Å². The summed E-state index contributed by atoms with van der Waals surface area (Å²) in [5, 5.41) is 4.53. The van der Waals surface area contributed by atoms with Gasteiger partial charge in [0.15, 0.2) is 5.54 Å². The number of nitrogens with one attached hydrogen (secondary N) is 2. The lowest BCUT2D eigenvalue weighted by Crippen LogP contribution is -2.59. The van der Waals surface area contributed by atoms with Gasteiger partial charge in [-0.25, -0.2) is 8.78 Å². The summed E-state index contributed by atoms with van der Waals surface area (Å²) in [4.78, 5) is 42.6. The molecule has 7 nitrogen and oxygen atoms in total. The monoisotopic (exact) mass is 546 g/mol. The zero-order chi connectivity index (χ0) is 27.5. The second-order valence-corrected chi connectivity index (χ2v) is 9.31. The van der Waals surface area contributed by atoms with Crippen LogP contribution in [-0.2, 0) is 19.9 Å². The Morgan fingerprint density at radius 1 is 1.05 bits per heavy atom. The number of nitrogens with zero attached hydrogens (tertiary/aromatic N) is 2. The Morgan fingerprint density at radius 2 is 1.62 bits per heavy atom. The minimum Gasteiger partial charge on any atom is -0.351 e. The summed E-state index contributed by atoms with van der Waals surface area (Å²) >= 11 is 5.50. The standard InChI is InChI=1S/C24H24ClF5N4O3/c1-13-3-7-18(8-4-13)34(20(35)19(25)27)23(2,14-9-15(26)12-31-11-14)21(36)32-16-5-6-17(10-16)33-22(37)24(28,29)30/h3-4,7-9,11-12,16-17,19H,5-6,10H2,1-2H3,(H,32,36)(H,33,37)/t16-,17+,19+,23?/m1/s1. The first kappa shape index (κ1) is 28.3. The van der Waals surface area contributed by atoms with Crippen LogP contribution in [0.3, 0.4) is 0 Å². The third-order valence-electron chi connectivity index (χ3n) is 6.22. The molecule has 1 aromatic carbocycles. The largest absolute Gasteiger partial charge is 0.471 e. The number of alkyl halides is 5. The maximum Gasteiger partial charge on any atom is 0.471 e. The van der Waals surface area contributed by atoms with E-state index in [1.54, 1.807) is 19.1 Å². The Labute approximate surface area is 214 Å². The van der Waals surface area contributed by atoms with E-state index in [9.17, 15) is 36.3 Å². The minimum atomic E-state index is -5.05. The molecule has 1 fully saturated rings. The van der Waals surface area contributed by atoms with Gasteiger partial charge in [-0.2, -0.15) is 13.2 Å². The quantitative estimate of drug-likeness (QED) is 0.405. The number of anilines is 1. The van der Waals surface area contributed by atoms with Gasteiger partial charge in [-0.3, -0.25) is 24.3 Å². The maximum atomic E-state index is 14.2. The molecule has 2 N–H and O–H groups in total. The first-order valence-electron chi connectivity index (χ1n) is 11.2. The van der Waals surface area contributed by atoms with E-state index < -0.39 is 53.0 Å². The molecular formula is C24H24ClF5N4O3. The Kier molecular flexibility index (Phi) is 8.41. The van der Waals surface area contributed by atoms with E-state index in [4.69, 9.17) is 11.6 Å². The van der Waals surface area contributed by atoms with Gasteiger partial charge in [-0.05, 0) is 51.3 Å². The van der Waals surface area contributed by atoms with Crippen molar-refractivity contribution in [1.82, 2.24) is 15.6 Å². The van der Waals surface area contributed by atoms with Crippen LogP contribution in [0.2, 0.25) is 0 Å². The molecule has 3 amide bonds. The number of pyridine rings is 1. The van der Waals surface area contributed by atoms with Crippen molar-refractivity contribution >= 4 is 35.0 Å². The van der Waals surface area contributed by atoms with E-state index in [0.717, 1.165) is 28.9 Å². The highest BCUT2D eigenvalue weighted by atomic mass is 35.5. The molecule has 37 heavy (non-hydrogen) atoms. The molecule has 13 heteroatoms. The molecule has 3 rings (SSSR count). The highest BCUT2D eigenvalue weighted by Gasteiger charge is 2.48. The van der Waals surface area contributed by atoms with Gasteiger partial charge in [0, 0.05) is 29.5 Å². The van der Waals surface area contributed by atoms with Crippen molar-refractivity contribution < 1.29 is 36.3 Å². The summed E-state index contributed by atoms with van der Waals surface area (Å²) in [6.45, 7) is 3.03. The molecule has 1 aliphatic carbocycles. The summed E-state index contributed by atoms with van der Waals surface area (Å²) in [7, 11) is 0. The lowest BCUT2D eigenvalue weighted by molar-refractivity contribution is -0.174. The van der Waals surface area contributed by atoms with E-state index in [0.29, 0.717) is 0 Å². The number of aromatic nitrogens is 1. The second kappa shape index (κ2) is 11.0.